The maximum Gasteiger partial charge on any atom is 0.337 e. The Balaban J connectivity index is 3.08. The number of ether oxygens (including phenoxy) is 2. The van der Waals surface area contributed by atoms with E-state index in [4.69, 9.17) is 9.47 Å². The Morgan fingerprint density at radius 2 is 1.79 bits per heavy atom. The van der Waals surface area contributed by atoms with E-state index in [0.717, 1.165) is 0 Å². The van der Waals surface area contributed by atoms with Crippen molar-refractivity contribution < 1.29 is 29.0 Å². The Labute approximate surface area is 111 Å². The van der Waals surface area contributed by atoms with Gasteiger partial charge in [0.1, 0.15) is 5.41 Å². The monoisotopic (exact) mass is 270 g/mol. The van der Waals surface area contributed by atoms with E-state index in [0.29, 0.717) is 0 Å². The first-order valence-corrected chi connectivity index (χ1v) is 6.25. The van der Waals surface area contributed by atoms with Gasteiger partial charge in [-0.3, -0.25) is 9.59 Å². The second-order valence-corrected chi connectivity index (χ2v) is 4.21. The number of carbonyl (C=O) groups excluding carboxylic acids is 3. The van der Waals surface area contributed by atoms with E-state index in [1.54, 1.807) is 20.8 Å². The highest BCUT2D eigenvalue weighted by Gasteiger charge is 2.54. The third-order valence-corrected chi connectivity index (χ3v) is 3.21. The molecule has 0 heterocycles. The zero-order chi connectivity index (χ0) is 14.6. The second kappa shape index (κ2) is 5.86. The van der Waals surface area contributed by atoms with Gasteiger partial charge in [0, 0.05) is 6.42 Å². The molecule has 0 aliphatic heterocycles. The van der Waals surface area contributed by atoms with Gasteiger partial charge in [-0.05, 0) is 20.3 Å². The quantitative estimate of drug-likeness (QED) is 0.598. The predicted molar refractivity (Wildman–Crippen MR) is 65.3 cm³/mol. The highest BCUT2D eigenvalue weighted by molar-refractivity contribution is 6.17. The maximum absolute atomic E-state index is 12.1. The molecule has 0 aromatic rings. The fourth-order valence-electron chi connectivity index (χ4n) is 2.08. The van der Waals surface area contributed by atoms with E-state index in [-0.39, 0.29) is 31.6 Å². The van der Waals surface area contributed by atoms with E-state index in [1.807, 2.05) is 0 Å². The van der Waals surface area contributed by atoms with Gasteiger partial charge >= 0.3 is 11.9 Å². The largest absolute Gasteiger partial charge is 0.504 e. The third-order valence-electron chi connectivity index (χ3n) is 3.21. The number of aliphatic hydroxyl groups excluding tert-OH is 1. The van der Waals surface area contributed by atoms with Crippen LogP contribution in [-0.2, 0) is 23.9 Å². The molecular formula is C13H18O6. The van der Waals surface area contributed by atoms with Crippen LogP contribution >= 0.6 is 0 Å². The number of esters is 2. The summed E-state index contributed by atoms with van der Waals surface area (Å²) >= 11 is 0. The minimum absolute atomic E-state index is 0.127. The lowest BCUT2D eigenvalue weighted by molar-refractivity contribution is -0.159. The van der Waals surface area contributed by atoms with Crippen LogP contribution in [0.4, 0.5) is 0 Å². The van der Waals surface area contributed by atoms with Crippen molar-refractivity contribution in [2.75, 3.05) is 13.2 Å². The van der Waals surface area contributed by atoms with Crippen LogP contribution in [0.1, 0.15) is 33.6 Å². The molecule has 0 saturated carbocycles. The zero-order valence-electron chi connectivity index (χ0n) is 11.3. The minimum atomic E-state index is -1.50. The molecule has 0 saturated heterocycles. The van der Waals surface area contributed by atoms with Crippen LogP contribution in [0.5, 0.6) is 0 Å². The van der Waals surface area contributed by atoms with Crippen LogP contribution in [0.2, 0.25) is 0 Å². The van der Waals surface area contributed by atoms with Gasteiger partial charge in [0.25, 0.3) is 0 Å². The topological polar surface area (TPSA) is 89.9 Å². The molecule has 0 aromatic heterocycles. The summed E-state index contributed by atoms with van der Waals surface area (Å²) in [7, 11) is 0. The molecule has 0 amide bonds. The number of ketones is 1. The van der Waals surface area contributed by atoms with Crippen LogP contribution in [0.25, 0.3) is 0 Å². The van der Waals surface area contributed by atoms with Gasteiger partial charge in [-0.15, -0.1) is 0 Å². The summed E-state index contributed by atoms with van der Waals surface area (Å²) in [6.07, 6.45) is -0.0243. The zero-order valence-corrected chi connectivity index (χ0v) is 11.3. The molecule has 1 N–H and O–H groups in total. The molecule has 0 fully saturated rings. The molecule has 0 aromatic carbocycles. The van der Waals surface area contributed by atoms with Gasteiger partial charge in [-0.1, -0.05) is 6.92 Å². The Hall–Kier alpha value is -1.85. The SMILES string of the molecule is CCOC(=O)C1=C(O)C(=O)C(CC)(C(=O)OCC)C1. The molecule has 1 atom stereocenters. The Kier molecular flexibility index (Phi) is 4.69. The second-order valence-electron chi connectivity index (χ2n) is 4.21. The molecule has 0 radical (unpaired) electrons. The smallest absolute Gasteiger partial charge is 0.337 e. The van der Waals surface area contributed by atoms with Gasteiger partial charge in [0.05, 0.1) is 18.8 Å². The molecule has 1 aliphatic carbocycles. The molecule has 0 spiro atoms. The molecule has 1 unspecified atom stereocenters. The van der Waals surface area contributed by atoms with Crippen molar-refractivity contribution in [1.29, 1.82) is 0 Å². The number of hydrogen-bond donors (Lipinski definition) is 1. The first-order chi connectivity index (χ1) is 8.94. The Morgan fingerprint density at radius 1 is 1.21 bits per heavy atom. The summed E-state index contributed by atoms with van der Waals surface area (Å²) in [6.45, 7) is 5.13. The summed E-state index contributed by atoms with van der Waals surface area (Å²) in [4.78, 5) is 35.7. The van der Waals surface area contributed by atoms with Crippen LogP contribution in [0, 0.1) is 5.41 Å². The predicted octanol–water partition coefficient (Wildman–Crippen LogP) is 1.29. The van der Waals surface area contributed by atoms with Crippen LogP contribution < -0.4 is 0 Å². The Morgan fingerprint density at radius 3 is 2.26 bits per heavy atom. The van der Waals surface area contributed by atoms with Crippen molar-refractivity contribution in [2.24, 2.45) is 5.41 Å². The van der Waals surface area contributed by atoms with Crippen molar-refractivity contribution >= 4 is 17.7 Å². The summed E-state index contributed by atoms with van der Waals surface area (Å²) in [6, 6.07) is 0. The lowest BCUT2D eigenvalue weighted by Crippen LogP contribution is -2.38. The van der Waals surface area contributed by atoms with Gasteiger partial charge in [-0.2, -0.15) is 0 Å². The molecule has 1 rings (SSSR count). The van der Waals surface area contributed by atoms with Gasteiger partial charge in [-0.25, -0.2) is 4.79 Å². The van der Waals surface area contributed by atoms with Gasteiger partial charge in [0.15, 0.2) is 5.76 Å². The van der Waals surface area contributed by atoms with Crippen molar-refractivity contribution in [3.8, 4) is 0 Å². The van der Waals surface area contributed by atoms with E-state index in [2.05, 4.69) is 0 Å². The molecule has 0 bridgehead atoms. The first-order valence-electron chi connectivity index (χ1n) is 6.25. The highest BCUT2D eigenvalue weighted by atomic mass is 16.5. The molecule has 6 heteroatoms. The Bertz CT molecular complexity index is 436. The van der Waals surface area contributed by atoms with E-state index in [9.17, 15) is 19.5 Å². The van der Waals surface area contributed by atoms with Gasteiger partial charge < -0.3 is 14.6 Å². The standard InChI is InChI=1S/C13H18O6/c1-4-13(12(17)19-6-3)7-8(9(14)10(13)15)11(16)18-5-2/h14H,4-7H2,1-3H3. The van der Waals surface area contributed by atoms with E-state index in [1.165, 1.54) is 0 Å². The summed E-state index contributed by atoms with van der Waals surface area (Å²) in [5.41, 5.74) is -1.65. The summed E-state index contributed by atoms with van der Waals surface area (Å²) < 4.78 is 9.64. The minimum Gasteiger partial charge on any atom is -0.504 e. The van der Waals surface area contributed by atoms with Crippen molar-refractivity contribution in [3.05, 3.63) is 11.3 Å². The maximum atomic E-state index is 12.1. The number of carbonyl (C=O) groups is 3. The number of Topliss-reactive ketones (excluding diaryl/α,β-unsaturated/α-hetero) is 1. The number of allylic oxidation sites excluding steroid dienone is 1. The molecule has 106 valence electrons. The highest BCUT2D eigenvalue weighted by Crippen LogP contribution is 2.42. The van der Waals surface area contributed by atoms with Crippen molar-refractivity contribution in [2.45, 2.75) is 33.6 Å². The van der Waals surface area contributed by atoms with Crippen LogP contribution in [0.3, 0.4) is 0 Å². The molecular weight excluding hydrogens is 252 g/mol. The fourth-order valence-corrected chi connectivity index (χ4v) is 2.08. The fraction of sp³-hybridized carbons (Fsp3) is 0.615. The summed E-state index contributed by atoms with van der Waals surface area (Å²) in [5.74, 6) is -2.94. The van der Waals surface area contributed by atoms with Gasteiger partial charge in [0.2, 0.25) is 5.78 Å². The van der Waals surface area contributed by atoms with Crippen LogP contribution in [0.15, 0.2) is 11.3 Å². The van der Waals surface area contributed by atoms with Crippen molar-refractivity contribution in [3.63, 3.8) is 0 Å². The van der Waals surface area contributed by atoms with E-state index < -0.39 is 28.9 Å². The lowest BCUT2D eigenvalue weighted by Gasteiger charge is -2.23. The number of hydrogen-bond acceptors (Lipinski definition) is 6. The molecule has 1 aliphatic rings. The normalized spacial score (nSPS) is 22.6. The number of aliphatic hydroxyl groups is 1. The average molecular weight is 270 g/mol. The van der Waals surface area contributed by atoms with Crippen LogP contribution in [-0.4, -0.2) is 36.0 Å². The van der Waals surface area contributed by atoms with E-state index >= 15 is 0 Å². The first kappa shape index (κ1) is 15.2. The van der Waals surface area contributed by atoms with Crippen molar-refractivity contribution in [1.82, 2.24) is 0 Å². The summed E-state index contributed by atoms with van der Waals surface area (Å²) in [5, 5.41) is 9.76. The average Bonchev–Trinajstić information content (AvgIpc) is 2.64. The molecule has 6 nitrogen and oxygen atoms in total. The molecule has 19 heavy (non-hydrogen) atoms. The number of rotatable bonds is 5. The third kappa shape index (κ3) is 2.47. The lowest BCUT2D eigenvalue weighted by atomic mass is 9.80.